The van der Waals surface area contributed by atoms with E-state index in [1.165, 1.54) is 5.57 Å². The predicted molar refractivity (Wildman–Crippen MR) is 96.0 cm³/mol. The van der Waals surface area contributed by atoms with Gasteiger partial charge in [0, 0.05) is 31.8 Å². The first-order valence-corrected chi connectivity index (χ1v) is 9.12. The van der Waals surface area contributed by atoms with Crippen LogP contribution >= 0.6 is 0 Å². The summed E-state index contributed by atoms with van der Waals surface area (Å²) in [6, 6.07) is 6.26. The van der Waals surface area contributed by atoms with E-state index in [1.807, 2.05) is 19.2 Å². The highest BCUT2D eigenvalue weighted by molar-refractivity contribution is 5.66. The lowest BCUT2D eigenvalue weighted by molar-refractivity contribution is -0.0859. The summed E-state index contributed by atoms with van der Waals surface area (Å²) in [5, 5.41) is 10.1. The molecule has 1 aromatic carbocycles. The summed E-state index contributed by atoms with van der Waals surface area (Å²) in [6.45, 7) is 2.45. The van der Waals surface area contributed by atoms with Gasteiger partial charge in [0.05, 0.1) is 18.8 Å². The van der Waals surface area contributed by atoms with Crippen LogP contribution in [0.4, 0.5) is 0 Å². The minimum Gasteiger partial charge on any atom is -0.493 e. The number of aliphatic hydroxyl groups excluding tert-OH is 1. The number of ether oxygens (including phenoxy) is 3. The highest BCUT2D eigenvalue weighted by Crippen LogP contribution is 2.43. The molecule has 2 aliphatic heterocycles. The van der Waals surface area contributed by atoms with Gasteiger partial charge in [0.2, 0.25) is 0 Å². The Bertz CT molecular complexity index is 674. The van der Waals surface area contributed by atoms with Crippen molar-refractivity contribution in [3.8, 4) is 11.5 Å². The van der Waals surface area contributed by atoms with Crippen LogP contribution in [0.5, 0.6) is 11.5 Å². The van der Waals surface area contributed by atoms with E-state index < -0.39 is 0 Å². The van der Waals surface area contributed by atoms with Gasteiger partial charge in [0.1, 0.15) is 6.61 Å². The molecule has 2 heterocycles. The average Bonchev–Trinajstić information content (AvgIpc) is 2.99. The van der Waals surface area contributed by atoms with Gasteiger partial charge in [-0.1, -0.05) is 12.1 Å². The van der Waals surface area contributed by atoms with Gasteiger partial charge in [0.15, 0.2) is 11.5 Å². The van der Waals surface area contributed by atoms with Gasteiger partial charge in [-0.05, 0) is 43.4 Å². The molecule has 0 radical (unpaired) electrons. The molecule has 5 nitrogen and oxygen atoms in total. The van der Waals surface area contributed by atoms with E-state index in [0.29, 0.717) is 6.61 Å². The van der Waals surface area contributed by atoms with Crippen molar-refractivity contribution in [2.45, 2.75) is 43.4 Å². The van der Waals surface area contributed by atoms with Crippen LogP contribution in [0.2, 0.25) is 0 Å². The molecular weight excluding hydrogens is 318 g/mol. The second-order valence-electron chi connectivity index (χ2n) is 7.40. The summed E-state index contributed by atoms with van der Waals surface area (Å²) in [5.74, 6) is 1.61. The first-order valence-electron chi connectivity index (χ1n) is 9.12. The lowest BCUT2D eigenvalue weighted by atomic mass is 9.79. The highest BCUT2D eigenvalue weighted by Gasteiger charge is 2.50. The van der Waals surface area contributed by atoms with E-state index in [-0.39, 0.29) is 17.7 Å². The van der Waals surface area contributed by atoms with Crippen LogP contribution in [-0.2, 0) is 4.74 Å². The molecule has 5 heteroatoms. The van der Waals surface area contributed by atoms with E-state index in [9.17, 15) is 5.11 Å². The Morgan fingerprint density at radius 1 is 1.32 bits per heavy atom. The molecule has 25 heavy (non-hydrogen) atoms. The maximum atomic E-state index is 10.1. The Kier molecular flexibility index (Phi) is 4.48. The van der Waals surface area contributed by atoms with Gasteiger partial charge in [0.25, 0.3) is 0 Å². The molecule has 1 N–H and O–H groups in total. The molecule has 1 saturated carbocycles. The maximum Gasteiger partial charge on any atom is 0.168 e. The molecule has 0 unspecified atom stereocenters. The predicted octanol–water partition coefficient (Wildman–Crippen LogP) is 2.48. The lowest BCUT2D eigenvalue weighted by Crippen LogP contribution is -2.51. The fourth-order valence-electron chi connectivity index (χ4n) is 4.70. The largest absolute Gasteiger partial charge is 0.493 e. The van der Waals surface area contributed by atoms with Crippen LogP contribution < -0.4 is 9.47 Å². The van der Waals surface area contributed by atoms with Crippen molar-refractivity contribution in [1.29, 1.82) is 0 Å². The van der Waals surface area contributed by atoms with Crippen LogP contribution in [0, 0.1) is 0 Å². The van der Waals surface area contributed by atoms with Gasteiger partial charge < -0.3 is 19.3 Å². The molecule has 3 aliphatic rings. The van der Waals surface area contributed by atoms with E-state index in [0.717, 1.165) is 55.8 Å². The number of benzene rings is 1. The van der Waals surface area contributed by atoms with Crippen LogP contribution in [-0.4, -0.2) is 61.7 Å². The molecule has 1 saturated heterocycles. The average molecular weight is 345 g/mol. The van der Waals surface area contributed by atoms with Gasteiger partial charge in [-0.3, -0.25) is 4.90 Å². The maximum absolute atomic E-state index is 10.1. The molecule has 3 atom stereocenters. The normalized spacial score (nSPS) is 31.7. The quantitative estimate of drug-likeness (QED) is 0.909. The second kappa shape index (κ2) is 6.63. The van der Waals surface area contributed by atoms with Crippen molar-refractivity contribution in [2.75, 3.05) is 33.9 Å². The van der Waals surface area contributed by atoms with Gasteiger partial charge in [-0.15, -0.1) is 0 Å². The summed E-state index contributed by atoms with van der Waals surface area (Å²) in [6.07, 6.45) is 5.63. The number of likely N-dealkylation sites (tertiary alicyclic amines) is 1. The van der Waals surface area contributed by atoms with Crippen LogP contribution in [0.1, 0.15) is 31.2 Å². The van der Waals surface area contributed by atoms with Crippen molar-refractivity contribution in [2.24, 2.45) is 0 Å². The van der Waals surface area contributed by atoms with Gasteiger partial charge in [-0.2, -0.15) is 0 Å². The van der Waals surface area contributed by atoms with E-state index in [2.05, 4.69) is 17.0 Å². The highest BCUT2D eigenvalue weighted by atomic mass is 16.5. The number of methoxy groups -OCH3 is 2. The standard InChI is InChI=1S/C20H27NO4/c1-23-17-5-3-4-15-10-14(13-25-19(15)17)12-21-9-8-20(24-2)7-6-16(22)11-18(20)21/h3-5,10,16,18,22H,6-9,11-13H2,1-2H3/t16-,18+,20-/m0/s1. The molecule has 4 rings (SSSR count). The lowest BCUT2D eigenvalue weighted by Gasteiger charge is -2.42. The fraction of sp³-hybridized carbons (Fsp3) is 0.600. The van der Waals surface area contributed by atoms with Crippen molar-refractivity contribution < 1.29 is 19.3 Å². The van der Waals surface area contributed by atoms with Crippen LogP contribution in [0.15, 0.2) is 23.8 Å². The molecule has 0 bridgehead atoms. The molecule has 0 amide bonds. The Hall–Kier alpha value is -1.56. The zero-order valence-corrected chi connectivity index (χ0v) is 15.0. The number of hydrogen-bond donors (Lipinski definition) is 1. The summed E-state index contributed by atoms with van der Waals surface area (Å²) in [4.78, 5) is 2.46. The first kappa shape index (κ1) is 16.9. The van der Waals surface area contributed by atoms with Crippen molar-refractivity contribution in [3.63, 3.8) is 0 Å². The van der Waals surface area contributed by atoms with Crippen LogP contribution in [0.3, 0.4) is 0 Å². The van der Waals surface area contributed by atoms with E-state index >= 15 is 0 Å². The zero-order chi connectivity index (χ0) is 17.4. The summed E-state index contributed by atoms with van der Waals surface area (Å²) < 4.78 is 17.3. The topological polar surface area (TPSA) is 51.2 Å². The zero-order valence-electron chi connectivity index (χ0n) is 15.0. The smallest absolute Gasteiger partial charge is 0.168 e. The minimum absolute atomic E-state index is 0.0869. The van der Waals surface area contributed by atoms with E-state index in [4.69, 9.17) is 14.2 Å². The summed E-state index contributed by atoms with van der Waals surface area (Å²) in [7, 11) is 3.49. The summed E-state index contributed by atoms with van der Waals surface area (Å²) in [5.41, 5.74) is 2.24. The number of rotatable bonds is 4. The number of aliphatic hydroxyl groups is 1. The molecule has 0 aromatic heterocycles. The van der Waals surface area contributed by atoms with Crippen molar-refractivity contribution >= 4 is 6.08 Å². The van der Waals surface area contributed by atoms with Crippen LogP contribution in [0.25, 0.3) is 6.08 Å². The molecule has 2 fully saturated rings. The fourth-order valence-corrected chi connectivity index (χ4v) is 4.70. The molecule has 1 aromatic rings. The number of fused-ring (bicyclic) bond motifs is 2. The monoisotopic (exact) mass is 345 g/mol. The van der Waals surface area contributed by atoms with E-state index in [1.54, 1.807) is 7.11 Å². The van der Waals surface area contributed by atoms with Crippen molar-refractivity contribution in [3.05, 3.63) is 29.3 Å². The summed E-state index contributed by atoms with van der Waals surface area (Å²) >= 11 is 0. The molecule has 136 valence electrons. The Labute approximate surface area is 149 Å². The third-order valence-corrected chi connectivity index (χ3v) is 6.07. The first-order chi connectivity index (χ1) is 12.1. The van der Waals surface area contributed by atoms with Gasteiger partial charge in [-0.25, -0.2) is 0 Å². The number of hydrogen-bond acceptors (Lipinski definition) is 5. The van der Waals surface area contributed by atoms with Gasteiger partial charge >= 0.3 is 0 Å². The molecular formula is C20H27NO4. The second-order valence-corrected chi connectivity index (χ2v) is 7.40. The minimum atomic E-state index is -0.213. The molecule has 1 aliphatic carbocycles. The SMILES string of the molecule is COc1cccc2c1OCC(CN1CC[C@@]3(OC)CC[C@H](O)C[C@@H]13)=C2. The Balaban J connectivity index is 1.53. The Morgan fingerprint density at radius 3 is 3.00 bits per heavy atom. The van der Waals surface area contributed by atoms with Crippen molar-refractivity contribution in [1.82, 2.24) is 4.90 Å². The molecule has 0 spiro atoms. The third-order valence-electron chi connectivity index (χ3n) is 6.07. The number of para-hydroxylation sites is 1. The Morgan fingerprint density at radius 2 is 2.20 bits per heavy atom. The number of nitrogens with zero attached hydrogens (tertiary/aromatic N) is 1. The third kappa shape index (κ3) is 2.94.